The highest BCUT2D eigenvalue weighted by molar-refractivity contribution is 9.09. The number of rotatable bonds is 2. The molecule has 2 aromatic heterocycles. The van der Waals surface area contributed by atoms with Gasteiger partial charge in [-0.3, -0.25) is 4.79 Å². The van der Waals surface area contributed by atoms with E-state index in [2.05, 4.69) is 31.0 Å². The zero-order chi connectivity index (χ0) is 13.4. The lowest BCUT2D eigenvalue weighted by Crippen LogP contribution is -2.21. The van der Waals surface area contributed by atoms with Gasteiger partial charge < -0.3 is 9.72 Å². The monoisotopic (exact) mass is 326 g/mol. The predicted octanol–water partition coefficient (Wildman–Crippen LogP) is 1.93. The first-order valence-corrected chi connectivity index (χ1v) is 7.27. The molecule has 1 saturated heterocycles. The van der Waals surface area contributed by atoms with Crippen molar-refractivity contribution >= 4 is 27.0 Å². The van der Waals surface area contributed by atoms with Crippen molar-refractivity contribution in [3.63, 3.8) is 0 Å². The van der Waals surface area contributed by atoms with E-state index in [1.54, 1.807) is 6.20 Å². The van der Waals surface area contributed by atoms with Gasteiger partial charge in [-0.15, -0.1) is 0 Å². The smallest absolute Gasteiger partial charge is 0.262 e. The molecule has 0 saturated carbocycles. The van der Waals surface area contributed by atoms with E-state index in [9.17, 15) is 4.79 Å². The van der Waals surface area contributed by atoms with Crippen molar-refractivity contribution in [2.24, 2.45) is 0 Å². The van der Waals surface area contributed by atoms with Gasteiger partial charge in [-0.2, -0.15) is 5.10 Å². The minimum Gasteiger partial charge on any atom is -0.381 e. The van der Waals surface area contributed by atoms with Crippen molar-refractivity contribution < 1.29 is 4.74 Å². The first kappa shape index (κ1) is 12.8. The molecular weight excluding hydrogens is 312 g/mol. The average Bonchev–Trinajstić information content (AvgIpc) is 2.84. The summed E-state index contributed by atoms with van der Waals surface area (Å²) in [4.78, 5) is 19.3. The molecule has 1 N–H and O–H groups in total. The first-order valence-electron chi connectivity index (χ1n) is 6.36. The minimum absolute atomic E-state index is 0.00244. The summed E-state index contributed by atoms with van der Waals surface area (Å²) in [6, 6.07) is 0.263. The van der Waals surface area contributed by atoms with Gasteiger partial charge >= 0.3 is 0 Å². The molecule has 102 valence electrons. The summed E-state index contributed by atoms with van der Waals surface area (Å²) in [5.41, 5.74) is 0.529. The third-order valence-corrected chi connectivity index (χ3v) is 3.83. The molecule has 7 heteroatoms. The fourth-order valence-electron chi connectivity index (χ4n) is 2.34. The molecule has 0 bridgehead atoms. The summed E-state index contributed by atoms with van der Waals surface area (Å²) in [6.45, 7) is 3.40. The minimum atomic E-state index is -0.135. The van der Waals surface area contributed by atoms with E-state index in [1.165, 1.54) is 0 Å². The molecule has 0 amide bonds. The van der Waals surface area contributed by atoms with Crippen molar-refractivity contribution in [3.05, 3.63) is 22.4 Å². The fraction of sp³-hybridized carbons (Fsp3) is 0.583. The first-order chi connectivity index (χ1) is 9.16. The van der Waals surface area contributed by atoms with Crippen molar-refractivity contribution in [2.75, 3.05) is 13.2 Å². The number of H-pyrrole nitrogens is 1. The summed E-state index contributed by atoms with van der Waals surface area (Å²) in [5, 5.41) is 4.89. The molecule has 1 aliphatic heterocycles. The summed E-state index contributed by atoms with van der Waals surface area (Å²) >= 11 is 3.43. The number of nitrogens with zero attached hydrogens (tertiary/aromatic N) is 3. The summed E-state index contributed by atoms with van der Waals surface area (Å²) in [6.07, 6.45) is 3.41. The Morgan fingerprint density at radius 1 is 1.53 bits per heavy atom. The third kappa shape index (κ3) is 2.32. The van der Waals surface area contributed by atoms with Crippen LogP contribution >= 0.6 is 15.9 Å². The second-order valence-electron chi connectivity index (χ2n) is 4.74. The van der Waals surface area contributed by atoms with Gasteiger partial charge in [0.05, 0.1) is 17.1 Å². The number of aromatic nitrogens is 4. The molecule has 0 spiro atoms. The standard InChI is InChI=1S/C12H15BrN4O2/c1-7(13)10-15-11-9(12(18)16-10)6-14-17(11)8-2-4-19-5-3-8/h6-8H,2-5H2,1H3,(H,15,16,18). The van der Waals surface area contributed by atoms with Crippen molar-refractivity contribution in [2.45, 2.75) is 30.6 Å². The second kappa shape index (κ2) is 5.05. The predicted molar refractivity (Wildman–Crippen MR) is 74.6 cm³/mol. The maximum absolute atomic E-state index is 12.0. The van der Waals surface area contributed by atoms with Crippen LogP contribution in [-0.4, -0.2) is 33.0 Å². The Balaban J connectivity index is 2.12. The SMILES string of the molecule is CC(Br)c1nc2c(cnn2C2CCOCC2)c(=O)[nH]1. The Kier molecular flexibility index (Phi) is 3.40. The zero-order valence-electron chi connectivity index (χ0n) is 10.6. The van der Waals surface area contributed by atoms with Crippen LogP contribution in [-0.2, 0) is 4.74 Å². The lowest BCUT2D eigenvalue weighted by Gasteiger charge is -2.22. The van der Waals surface area contributed by atoms with Crippen molar-refractivity contribution in [1.29, 1.82) is 0 Å². The second-order valence-corrected chi connectivity index (χ2v) is 6.11. The molecule has 3 rings (SSSR count). The highest BCUT2D eigenvalue weighted by atomic mass is 79.9. The van der Waals surface area contributed by atoms with E-state index >= 15 is 0 Å². The Morgan fingerprint density at radius 3 is 2.95 bits per heavy atom. The van der Waals surface area contributed by atoms with E-state index in [0.717, 1.165) is 26.1 Å². The number of fused-ring (bicyclic) bond motifs is 1. The van der Waals surface area contributed by atoms with Crippen LogP contribution in [0.15, 0.2) is 11.0 Å². The molecule has 0 aliphatic carbocycles. The topological polar surface area (TPSA) is 72.8 Å². The van der Waals surface area contributed by atoms with E-state index in [0.29, 0.717) is 16.9 Å². The number of nitrogens with one attached hydrogen (secondary N) is 1. The Hall–Kier alpha value is -1.21. The normalized spacial score (nSPS) is 18.8. The van der Waals surface area contributed by atoms with Crippen LogP contribution in [0.1, 0.15) is 36.5 Å². The molecule has 0 radical (unpaired) electrons. The van der Waals surface area contributed by atoms with E-state index < -0.39 is 0 Å². The molecule has 3 heterocycles. The van der Waals surface area contributed by atoms with Crippen LogP contribution in [0.25, 0.3) is 11.0 Å². The number of halogens is 1. The molecular formula is C12H15BrN4O2. The molecule has 19 heavy (non-hydrogen) atoms. The summed E-state index contributed by atoms with van der Waals surface area (Å²) in [5.74, 6) is 0.631. The van der Waals surface area contributed by atoms with Crippen LogP contribution in [0.4, 0.5) is 0 Å². The van der Waals surface area contributed by atoms with Crippen molar-refractivity contribution in [3.8, 4) is 0 Å². The maximum atomic E-state index is 12.0. The lowest BCUT2D eigenvalue weighted by atomic mass is 10.1. The highest BCUT2D eigenvalue weighted by Gasteiger charge is 2.21. The number of hydrogen-bond donors (Lipinski definition) is 1. The fourth-order valence-corrected chi connectivity index (χ4v) is 2.56. The maximum Gasteiger partial charge on any atom is 0.262 e. The van der Waals surface area contributed by atoms with Gasteiger partial charge in [0.2, 0.25) is 0 Å². The van der Waals surface area contributed by atoms with Crippen LogP contribution in [0.2, 0.25) is 0 Å². The summed E-state index contributed by atoms with van der Waals surface area (Å²) in [7, 11) is 0. The van der Waals surface area contributed by atoms with Crippen LogP contribution in [0.3, 0.4) is 0 Å². The van der Waals surface area contributed by atoms with Gasteiger partial charge in [-0.25, -0.2) is 9.67 Å². The number of aromatic amines is 1. The van der Waals surface area contributed by atoms with Gasteiger partial charge in [0.15, 0.2) is 5.65 Å². The Morgan fingerprint density at radius 2 is 2.26 bits per heavy atom. The van der Waals surface area contributed by atoms with Crippen LogP contribution in [0.5, 0.6) is 0 Å². The molecule has 1 aliphatic rings. The van der Waals surface area contributed by atoms with E-state index in [-0.39, 0.29) is 16.4 Å². The number of ether oxygens (including phenoxy) is 1. The lowest BCUT2D eigenvalue weighted by molar-refractivity contribution is 0.0673. The van der Waals surface area contributed by atoms with Crippen molar-refractivity contribution in [1.82, 2.24) is 19.7 Å². The molecule has 6 nitrogen and oxygen atoms in total. The van der Waals surface area contributed by atoms with Gasteiger partial charge in [-0.05, 0) is 19.8 Å². The Labute approximate surface area is 118 Å². The zero-order valence-corrected chi connectivity index (χ0v) is 12.2. The van der Waals surface area contributed by atoms with Gasteiger partial charge in [0.25, 0.3) is 5.56 Å². The quantitative estimate of drug-likeness (QED) is 0.856. The van der Waals surface area contributed by atoms with E-state index in [4.69, 9.17) is 4.74 Å². The van der Waals surface area contributed by atoms with Gasteiger partial charge in [0.1, 0.15) is 11.2 Å². The summed E-state index contributed by atoms with van der Waals surface area (Å²) < 4.78 is 7.23. The van der Waals surface area contributed by atoms with Crippen LogP contribution in [0, 0.1) is 0 Å². The largest absolute Gasteiger partial charge is 0.381 e. The van der Waals surface area contributed by atoms with Gasteiger partial charge in [0, 0.05) is 13.2 Å². The average molecular weight is 327 g/mol. The van der Waals surface area contributed by atoms with E-state index in [1.807, 2.05) is 11.6 Å². The third-order valence-electron chi connectivity index (χ3n) is 3.40. The van der Waals surface area contributed by atoms with Gasteiger partial charge in [-0.1, -0.05) is 15.9 Å². The highest BCUT2D eigenvalue weighted by Crippen LogP contribution is 2.24. The molecule has 2 aromatic rings. The number of alkyl halides is 1. The Bertz CT molecular complexity index is 643. The number of hydrogen-bond acceptors (Lipinski definition) is 4. The van der Waals surface area contributed by atoms with Crippen LogP contribution < -0.4 is 5.56 Å². The molecule has 0 aromatic carbocycles. The molecule has 1 unspecified atom stereocenters. The molecule has 1 fully saturated rings. The molecule has 1 atom stereocenters.